The van der Waals surface area contributed by atoms with Gasteiger partial charge in [-0.25, -0.2) is 13.8 Å². The SMILES string of the molecule is COc1cc(C=O)c(O)c(C(F)F)n1. The monoisotopic (exact) mass is 203 g/mol. The van der Waals surface area contributed by atoms with Crippen molar-refractivity contribution in [2.45, 2.75) is 6.43 Å². The summed E-state index contributed by atoms with van der Waals surface area (Å²) in [5.41, 5.74) is -1.13. The van der Waals surface area contributed by atoms with Crippen LogP contribution < -0.4 is 4.74 Å². The normalized spacial score (nSPS) is 10.3. The molecule has 0 radical (unpaired) electrons. The quantitative estimate of drug-likeness (QED) is 0.757. The summed E-state index contributed by atoms with van der Waals surface area (Å²) in [4.78, 5) is 13.7. The largest absolute Gasteiger partial charge is 0.505 e. The number of alkyl halides is 2. The summed E-state index contributed by atoms with van der Waals surface area (Å²) in [5, 5.41) is 9.15. The molecule has 1 aromatic heterocycles. The average Bonchev–Trinajstić information content (AvgIpc) is 2.17. The number of ether oxygens (including phenoxy) is 1. The molecular formula is C8H7F2NO3. The minimum absolute atomic E-state index is 0.139. The molecular weight excluding hydrogens is 196 g/mol. The fourth-order valence-corrected chi connectivity index (χ4v) is 0.900. The maximum atomic E-state index is 12.3. The maximum Gasteiger partial charge on any atom is 0.284 e. The zero-order chi connectivity index (χ0) is 10.7. The number of methoxy groups -OCH3 is 1. The number of carbonyl (C=O) groups excluding carboxylic acids is 1. The van der Waals surface area contributed by atoms with Gasteiger partial charge < -0.3 is 9.84 Å². The summed E-state index contributed by atoms with van der Waals surface area (Å²) in [6.45, 7) is 0. The van der Waals surface area contributed by atoms with Crippen LogP contribution in [0.3, 0.4) is 0 Å². The van der Waals surface area contributed by atoms with Crippen LogP contribution in [0.1, 0.15) is 22.5 Å². The molecule has 1 N–H and O–H groups in total. The third kappa shape index (κ3) is 1.78. The smallest absolute Gasteiger partial charge is 0.284 e. The van der Waals surface area contributed by atoms with E-state index < -0.39 is 17.9 Å². The summed E-state index contributed by atoms with van der Waals surface area (Å²) in [6.07, 6.45) is -2.70. The maximum absolute atomic E-state index is 12.3. The number of hydrogen-bond donors (Lipinski definition) is 1. The van der Waals surface area contributed by atoms with Gasteiger partial charge in [-0.1, -0.05) is 0 Å². The second-order valence-corrected chi connectivity index (χ2v) is 2.41. The van der Waals surface area contributed by atoms with Crippen molar-refractivity contribution >= 4 is 6.29 Å². The lowest BCUT2D eigenvalue weighted by atomic mass is 10.2. The summed E-state index contributed by atoms with van der Waals surface area (Å²) in [6, 6.07) is 1.08. The lowest BCUT2D eigenvalue weighted by Gasteiger charge is -2.06. The van der Waals surface area contributed by atoms with Crippen molar-refractivity contribution in [2.24, 2.45) is 0 Å². The molecule has 1 aromatic rings. The second kappa shape index (κ2) is 3.99. The standard InChI is InChI=1S/C8H7F2NO3/c1-14-5-2-4(3-12)7(13)6(11-5)8(9)10/h2-3,8,13H,1H3. The molecule has 6 heteroatoms. The van der Waals surface area contributed by atoms with Crippen LogP contribution in [0.25, 0.3) is 0 Å². The summed E-state index contributed by atoms with van der Waals surface area (Å²) in [5.74, 6) is -0.948. The Labute approximate surface area is 78.1 Å². The Kier molecular flexibility index (Phi) is 2.95. The highest BCUT2D eigenvalue weighted by atomic mass is 19.3. The molecule has 0 bridgehead atoms. The molecule has 0 aliphatic heterocycles. The molecule has 0 aromatic carbocycles. The zero-order valence-corrected chi connectivity index (χ0v) is 7.20. The van der Waals surface area contributed by atoms with E-state index >= 15 is 0 Å². The highest BCUT2D eigenvalue weighted by molar-refractivity contribution is 5.80. The first-order chi connectivity index (χ1) is 6.60. The summed E-state index contributed by atoms with van der Waals surface area (Å²) in [7, 11) is 1.23. The van der Waals surface area contributed by atoms with Crippen LogP contribution in [-0.4, -0.2) is 23.5 Å². The van der Waals surface area contributed by atoms with Crippen molar-refractivity contribution < 1.29 is 23.4 Å². The van der Waals surface area contributed by atoms with E-state index in [0.717, 1.165) is 6.07 Å². The molecule has 14 heavy (non-hydrogen) atoms. The van der Waals surface area contributed by atoms with Crippen LogP contribution in [0.5, 0.6) is 11.6 Å². The summed E-state index contributed by atoms with van der Waals surface area (Å²) < 4.78 is 29.1. The molecule has 0 saturated heterocycles. The van der Waals surface area contributed by atoms with E-state index in [9.17, 15) is 13.6 Å². The molecule has 1 heterocycles. The van der Waals surface area contributed by atoms with Crippen LogP contribution in [0.15, 0.2) is 6.07 Å². The molecule has 0 saturated carbocycles. The van der Waals surface area contributed by atoms with Gasteiger partial charge >= 0.3 is 0 Å². The van der Waals surface area contributed by atoms with Gasteiger partial charge in [-0.3, -0.25) is 4.79 Å². The number of nitrogens with zero attached hydrogens (tertiary/aromatic N) is 1. The van der Waals surface area contributed by atoms with Crippen molar-refractivity contribution in [1.82, 2.24) is 4.98 Å². The Hall–Kier alpha value is -1.72. The number of hydrogen-bond acceptors (Lipinski definition) is 4. The minimum Gasteiger partial charge on any atom is -0.505 e. The van der Waals surface area contributed by atoms with Crippen molar-refractivity contribution in [3.8, 4) is 11.6 Å². The van der Waals surface area contributed by atoms with Crippen molar-refractivity contribution in [1.29, 1.82) is 0 Å². The Morgan fingerprint density at radius 3 is 2.71 bits per heavy atom. The van der Waals surface area contributed by atoms with Gasteiger partial charge in [-0.2, -0.15) is 0 Å². The van der Waals surface area contributed by atoms with E-state index in [1.165, 1.54) is 7.11 Å². The number of pyridine rings is 1. The third-order valence-electron chi connectivity index (χ3n) is 1.57. The van der Waals surface area contributed by atoms with Crippen LogP contribution in [0, 0.1) is 0 Å². The van der Waals surface area contributed by atoms with Gasteiger partial charge in [-0.15, -0.1) is 0 Å². The van der Waals surface area contributed by atoms with Gasteiger partial charge in [0.2, 0.25) is 5.88 Å². The van der Waals surface area contributed by atoms with Gasteiger partial charge in [0.1, 0.15) is 0 Å². The zero-order valence-electron chi connectivity index (χ0n) is 7.20. The van der Waals surface area contributed by atoms with E-state index in [2.05, 4.69) is 9.72 Å². The van der Waals surface area contributed by atoms with Gasteiger partial charge in [0.15, 0.2) is 17.7 Å². The average molecular weight is 203 g/mol. The number of rotatable bonds is 3. The lowest BCUT2D eigenvalue weighted by molar-refractivity contribution is 0.111. The Balaban J connectivity index is 3.34. The van der Waals surface area contributed by atoms with E-state index in [1.807, 2.05) is 0 Å². The molecule has 0 fully saturated rings. The topological polar surface area (TPSA) is 59.4 Å². The molecule has 0 unspecified atom stereocenters. The highest BCUT2D eigenvalue weighted by Gasteiger charge is 2.19. The number of aldehydes is 1. The van der Waals surface area contributed by atoms with Crippen LogP contribution in [-0.2, 0) is 0 Å². The molecule has 4 nitrogen and oxygen atoms in total. The molecule has 1 rings (SSSR count). The number of carbonyl (C=O) groups is 1. The van der Waals surface area contributed by atoms with Crippen molar-refractivity contribution in [3.05, 3.63) is 17.3 Å². The first kappa shape index (κ1) is 10.4. The minimum atomic E-state index is -2.95. The molecule has 76 valence electrons. The molecule has 0 aliphatic rings. The Morgan fingerprint density at radius 2 is 2.29 bits per heavy atom. The third-order valence-corrected chi connectivity index (χ3v) is 1.57. The van der Waals surface area contributed by atoms with Crippen LogP contribution in [0.4, 0.5) is 8.78 Å². The van der Waals surface area contributed by atoms with E-state index in [0.29, 0.717) is 0 Å². The fourth-order valence-electron chi connectivity index (χ4n) is 0.900. The molecule has 0 aliphatic carbocycles. The first-order valence-electron chi connectivity index (χ1n) is 3.61. The number of halogens is 2. The molecule has 0 atom stereocenters. The van der Waals surface area contributed by atoms with Gasteiger partial charge in [-0.05, 0) is 0 Å². The molecule has 0 spiro atoms. The molecule has 0 amide bonds. The number of aromatic hydroxyl groups is 1. The van der Waals surface area contributed by atoms with E-state index in [-0.39, 0.29) is 17.7 Å². The second-order valence-electron chi connectivity index (χ2n) is 2.41. The predicted octanol–water partition coefficient (Wildman–Crippen LogP) is 1.55. The van der Waals surface area contributed by atoms with Crippen molar-refractivity contribution in [3.63, 3.8) is 0 Å². The Bertz CT molecular complexity index is 355. The number of aromatic nitrogens is 1. The van der Waals surface area contributed by atoms with E-state index in [1.54, 1.807) is 0 Å². The van der Waals surface area contributed by atoms with E-state index in [4.69, 9.17) is 5.11 Å². The predicted molar refractivity (Wildman–Crippen MR) is 42.8 cm³/mol. The first-order valence-corrected chi connectivity index (χ1v) is 3.61. The lowest BCUT2D eigenvalue weighted by Crippen LogP contribution is -1.98. The summed E-state index contributed by atoms with van der Waals surface area (Å²) >= 11 is 0. The van der Waals surface area contributed by atoms with Crippen LogP contribution in [0.2, 0.25) is 0 Å². The fraction of sp³-hybridized carbons (Fsp3) is 0.250. The Morgan fingerprint density at radius 1 is 1.64 bits per heavy atom. The highest BCUT2D eigenvalue weighted by Crippen LogP contribution is 2.30. The van der Waals surface area contributed by atoms with Gasteiger partial charge in [0.25, 0.3) is 6.43 Å². The van der Waals surface area contributed by atoms with Crippen LogP contribution >= 0.6 is 0 Å². The van der Waals surface area contributed by atoms with Gasteiger partial charge in [0, 0.05) is 6.07 Å². The van der Waals surface area contributed by atoms with Gasteiger partial charge in [0.05, 0.1) is 12.7 Å². The van der Waals surface area contributed by atoms with Crippen molar-refractivity contribution in [2.75, 3.05) is 7.11 Å².